The van der Waals surface area contributed by atoms with E-state index in [9.17, 15) is 4.79 Å². The molecule has 29 heavy (non-hydrogen) atoms. The second kappa shape index (κ2) is 8.27. The summed E-state index contributed by atoms with van der Waals surface area (Å²) < 4.78 is 4.17. The number of piperidine rings is 1. The molecule has 1 aliphatic heterocycles. The molecular formula is C21H23N7O. The highest BCUT2D eigenvalue weighted by atomic mass is 16.2. The number of nitrogens with zero attached hydrogens (tertiary/aromatic N) is 7. The van der Waals surface area contributed by atoms with Gasteiger partial charge in [-0.2, -0.15) is 5.26 Å². The first-order chi connectivity index (χ1) is 14.2. The van der Waals surface area contributed by atoms with Gasteiger partial charge in [-0.25, -0.2) is 4.98 Å². The van der Waals surface area contributed by atoms with Crippen LogP contribution in [0.15, 0.2) is 43.0 Å². The smallest absolute Gasteiger partial charge is 0.253 e. The maximum Gasteiger partial charge on any atom is 0.253 e. The number of aromatic nitrogens is 5. The maximum absolute atomic E-state index is 12.7. The summed E-state index contributed by atoms with van der Waals surface area (Å²) in [6.45, 7) is 4.95. The summed E-state index contributed by atoms with van der Waals surface area (Å²) in [5.41, 5.74) is 1.19. The topological polar surface area (TPSA) is 92.6 Å². The summed E-state index contributed by atoms with van der Waals surface area (Å²) in [7, 11) is 0. The van der Waals surface area contributed by atoms with Gasteiger partial charge >= 0.3 is 0 Å². The molecule has 8 nitrogen and oxygen atoms in total. The van der Waals surface area contributed by atoms with Gasteiger partial charge in [0.1, 0.15) is 5.82 Å². The van der Waals surface area contributed by atoms with Crippen molar-refractivity contribution in [1.82, 2.24) is 29.2 Å². The predicted octanol–water partition coefficient (Wildman–Crippen LogP) is 2.43. The zero-order valence-corrected chi connectivity index (χ0v) is 16.4. The van der Waals surface area contributed by atoms with Gasteiger partial charge in [0, 0.05) is 43.5 Å². The molecule has 1 amide bonds. The molecule has 0 bridgehead atoms. The molecule has 0 spiro atoms. The van der Waals surface area contributed by atoms with Gasteiger partial charge in [-0.15, -0.1) is 10.2 Å². The Morgan fingerprint density at radius 1 is 1.21 bits per heavy atom. The number of hydrogen-bond acceptors (Lipinski definition) is 5. The van der Waals surface area contributed by atoms with Crippen molar-refractivity contribution >= 4 is 5.91 Å². The molecule has 2 aromatic heterocycles. The van der Waals surface area contributed by atoms with E-state index in [2.05, 4.69) is 32.7 Å². The van der Waals surface area contributed by atoms with Crippen molar-refractivity contribution in [1.29, 1.82) is 5.26 Å². The fourth-order valence-corrected chi connectivity index (χ4v) is 3.87. The Kier molecular flexibility index (Phi) is 5.38. The minimum Gasteiger partial charge on any atom is -0.339 e. The van der Waals surface area contributed by atoms with Gasteiger partial charge in [0.15, 0.2) is 5.82 Å². The third kappa shape index (κ3) is 3.90. The number of benzene rings is 1. The first-order valence-electron chi connectivity index (χ1n) is 9.86. The number of carbonyl (C=O) groups excluding carboxylic acids is 1. The summed E-state index contributed by atoms with van der Waals surface area (Å²) in [6, 6.07) is 8.90. The number of likely N-dealkylation sites (tertiary alicyclic amines) is 1. The molecule has 3 aromatic rings. The molecule has 148 valence electrons. The molecule has 0 atom stereocenters. The molecule has 0 N–H and O–H groups in total. The highest BCUT2D eigenvalue weighted by Crippen LogP contribution is 2.28. The molecule has 0 unspecified atom stereocenters. The monoisotopic (exact) mass is 389 g/mol. The number of imidazole rings is 1. The lowest BCUT2D eigenvalue weighted by Gasteiger charge is -2.31. The lowest BCUT2D eigenvalue weighted by atomic mass is 9.95. The van der Waals surface area contributed by atoms with Crippen LogP contribution in [0.1, 0.15) is 53.3 Å². The molecule has 0 saturated carbocycles. The second-order valence-corrected chi connectivity index (χ2v) is 7.21. The average molecular weight is 389 g/mol. The second-order valence-electron chi connectivity index (χ2n) is 7.21. The van der Waals surface area contributed by atoms with Crippen LogP contribution in [0.2, 0.25) is 0 Å². The fourth-order valence-electron chi connectivity index (χ4n) is 3.87. The van der Waals surface area contributed by atoms with E-state index >= 15 is 0 Å². The van der Waals surface area contributed by atoms with Crippen LogP contribution in [0.3, 0.4) is 0 Å². The highest BCUT2D eigenvalue weighted by Gasteiger charge is 2.28. The van der Waals surface area contributed by atoms with E-state index in [1.165, 1.54) is 0 Å². The van der Waals surface area contributed by atoms with Crippen LogP contribution < -0.4 is 0 Å². The van der Waals surface area contributed by atoms with E-state index in [0.717, 1.165) is 31.0 Å². The molecular weight excluding hydrogens is 366 g/mol. The number of rotatable bonds is 5. The van der Waals surface area contributed by atoms with Gasteiger partial charge in [-0.3, -0.25) is 4.79 Å². The van der Waals surface area contributed by atoms with Crippen LogP contribution in [-0.2, 0) is 13.1 Å². The molecule has 0 radical (unpaired) electrons. The quantitative estimate of drug-likeness (QED) is 0.668. The van der Waals surface area contributed by atoms with Gasteiger partial charge < -0.3 is 14.0 Å². The van der Waals surface area contributed by atoms with Crippen LogP contribution in [0.25, 0.3) is 0 Å². The third-order valence-electron chi connectivity index (χ3n) is 5.46. The van der Waals surface area contributed by atoms with Crippen LogP contribution in [0, 0.1) is 11.3 Å². The largest absolute Gasteiger partial charge is 0.339 e. The zero-order chi connectivity index (χ0) is 20.2. The lowest BCUT2D eigenvalue weighted by Crippen LogP contribution is -2.38. The Bertz CT molecular complexity index is 1010. The van der Waals surface area contributed by atoms with E-state index in [1.807, 2.05) is 15.7 Å². The van der Waals surface area contributed by atoms with Crippen LogP contribution >= 0.6 is 0 Å². The normalized spacial score (nSPS) is 14.7. The van der Waals surface area contributed by atoms with E-state index < -0.39 is 0 Å². The molecule has 1 aromatic carbocycles. The standard InChI is InChI=1S/C21H23N7O/c1-2-28-19(14-26-12-9-23-15-26)24-25-20(28)17-7-10-27(11-8-17)21(29)18-5-3-16(13-22)4-6-18/h3-6,9,12,15,17H,2,7-8,10-11,14H2,1H3. The van der Waals surface area contributed by atoms with Gasteiger partial charge in [0.25, 0.3) is 5.91 Å². The fraction of sp³-hybridized carbons (Fsp3) is 0.381. The van der Waals surface area contributed by atoms with E-state index in [4.69, 9.17) is 5.26 Å². The van der Waals surface area contributed by atoms with Gasteiger partial charge in [-0.1, -0.05) is 0 Å². The number of nitriles is 1. The van der Waals surface area contributed by atoms with Crippen molar-refractivity contribution in [2.75, 3.05) is 13.1 Å². The summed E-state index contributed by atoms with van der Waals surface area (Å²) in [4.78, 5) is 18.7. The van der Waals surface area contributed by atoms with Crippen molar-refractivity contribution in [3.8, 4) is 6.07 Å². The Morgan fingerprint density at radius 3 is 2.59 bits per heavy atom. The van der Waals surface area contributed by atoms with Crippen molar-refractivity contribution in [3.63, 3.8) is 0 Å². The molecule has 1 saturated heterocycles. The van der Waals surface area contributed by atoms with Crippen molar-refractivity contribution in [3.05, 3.63) is 65.8 Å². The average Bonchev–Trinajstić information content (AvgIpc) is 3.43. The third-order valence-corrected chi connectivity index (χ3v) is 5.46. The molecule has 8 heteroatoms. The number of hydrogen-bond donors (Lipinski definition) is 0. The van der Waals surface area contributed by atoms with E-state index in [1.54, 1.807) is 36.8 Å². The summed E-state index contributed by atoms with van der Waals surface area (Å²) in [5.74, 6) is 2.25. The minimum atomic E-state index is 0.0192. The van der Waals surface area contributed by atoms with Crippen LogP contribution in [0.4, 0.5) is 0 Å². The van der Waals surface area contributed by atoms with Crippen LogP contribution in [-0.4, -0.2) is 48.2 Å². The lowest BCUT2D eigenvalue weighted by molar-refractivity contribution is 0.0710. The first-order valence-corrected chi connectivity index (χ1v) is 9.86. The summed E-state index contributed by atoms with van der Waals surface area (Å²) in [6.07, 6.45) is 7.19. The van der Waals surface area contributed by atoms with Gasteiger partial charge in [0.2, 0.25) is 0 Å². The molecule has 3 heterocycles. The highest BCUT2D eigenvalue weighted by molar-refractivity contribution is 5.94. The summed E-state index contributed by atoms with van der Waals surface area (Å²) in [5, 5.41) is 17.8. The molecule has 1 fully saturated rings. The first kappa shape index (κ1) is 18.9. The van der Waals surface area contributed by atoms with Crippen molar-refractivity contribution in [2.45, 2.75) is 38.8 Å². The van der Waals surface area contributed by atoms with Crippen molar-refractivity contribution < 1.29 is 4.79 Å². The Morgan fingerprint density at radius 2 is 1.97 bits per heavy atom. The van der Waals surface area contributed by atoms with Gasteiger partial charge in [0.05, 0.1) is 24.5 Å². The van der Waals surface area contributed by atoms with E-state index in [-0.39, 0.29) is 5.91 Å². The Labute approximate surface area is 169 Å². The molecule has 4 rings (SSSR count). The molecule has 0 aliphatic carbocycles. The number of amides is 1. The van der Waals surface area contributed by atoms with Gasteiger partial charge in [-0.05, 0) is 44.0 Å². The Balaban J connectivity index is 1.42. The van der Waals surface area contributed by atoms with Crippen LogP contribution in [0.5, 0.6) is 0 Å². The molecule has 1 aliphatic rings. The Hall–Kier alpha value is -3.47. The zero-order valence-electron chi connectivity index (χ0n) is 16.4. The predicted molar refractivity (Wildman–Crippen MR) is 106 cm³/mol. The summed E-state index contributed by atoms with van der Waals surface area (Å²) >= 11 is 0. The number of carbonyl (C=O) groups is 1. The minimum absolute atomic E-state index is 0.0192. The SMILES string of the molecule is CCn1c(Cn2ccnc2)nnc1C1CCN(C(=O)c2ccc(C#N)cc2)CC1. The maximum atomic E-state index is 12.7. The van der Waals surface area contributed by atoms with E-state index in [0.29, 0.717) is 36.7 Å². The van der Waals surface area contributed by atoms with Crippen molar-refractivity contribution in [2.24, 2.45) is 0 Å².